The van der Waals surface area contributed by atoms with Crippen molar-refractivity contribution in [2.45, 2.75) is 12.3 Å². The molecule has 0 saturated carbocycles. The van der Waals surface area contributed by atoms with Gasteiger partial charge in [0.1, 0.15) is 0 Å². The Labute approximate surface area is 68.8 Å². The van der Waals surface area contributed by atoms with Gasteiger partial charge >= 0.3 is 5.97 Å². The Kier molecular flexibility index (Phi) is 1.66. The number of thiophene rings is 1. The van der Waals surface area contributed by atoms with Gasteiger partial charge in [-0.2, -0.15) is 0 Å². The number of esters is 1. The summed E-state index contributed by atoms with van der Waals surface area (Å²) < 4.78 is 4.86. The predicted octanol–water partition coefficient (Wildman–Crippen LogP) is 1.78. The van der Waals surface area contributed by atoms with E-state index in [0.29, 0.717) is 18.9 Å². The van der Waals surface area contributed by atoms with Crippen molar-refractivity contribution in [2.24, 2.45) is 0 Å². The molecule has 1 aliphatic rings. The van der Waals surface area contributed by atoms with Crippen LogP contribution in [0.2, 0.25) is 0 Å². The Balaban J connectivity index is 2.13. The van der Waals surface area contributed by atoms with Crippen LogP contribution in [-0.4, -0.2) is 12.6 Å². The average molecular weight is 168 g/mol. The summed E-state index contributed by atoms with van der Waals surface area (Å²) in [6.07, 6.45) is 0.556. The second kappa shape index (κ2) is 2.66. The molecule has 2 heterocycles. The fraction of sp³-hybridized carbons (Fsp3) is 0.375. The van der Waals surface area contributed by atoms with Gasteiger partial charge < -0.3 is 4.74 Å². The van der Waals surface area contributed by atoms with Crippen LogP contribution in [0.1, 0.15) is 17.2 Å². The molecule has 1 fully saturated rings. The van der Waals surface area contributed by atoms with Crippen LogP contribution in [0.5, 0.6) is 0 Å². The van der Waals surface area contributed by atoms with Crippen molar-refractivity contribution in [3.8, 4) is 0 Å². The summed E-state index contributed by atoms with van der Waals surface area (Å²) in [5.74, 6) is 0.255. The molecular formula is C8H8O2S. The van der Waals surface area contributed by atoms with Crippen LogP contribution in [0.15, 0.2) is 17.5 Å². The van der Waals surface area contributed by atoms with Crippen LogP contribution >= 0.6 is 11.3 Å². The van der Waals surface area contributed by atoms with E-state index in [1.165, 1.54) is 4.88 Å². The Morgan fingerprint density at radius 1 is 1.64 bits per heavy atom. The highest BCUT2D eigenvalue weighted by Crippen LogP contribution is 2.28. The number of carbonyl (C=O) groups is 1. The molecule has 1 saturated heterocycles. The first-order valence-corrected chi connectivity index (χ1v) is 4.43. The molecule has 0 bridgehead atoms. The molecule has 0 N–H and O–H groups in total. The zero-order chi connectivity index (χ0) is 7.68. The first-order valence-electron chi connectivity index (χ1n) is 3.55. The number of cyclic esters (lactones) is 1. The van der Waals surface area contributed by atoms with E-state index < -0.39 is 0 Å². The molecule has 11 heavy (non-hydrogen) atoms. The maximum atomic E-state index is 10.7. The molecule has 1 unspecified atom stereocenters. The van der Waals surface area contributed by atoms with Crippen LogP contribution in [-0.2, 0) is 9.53 Å². The lowest BCUT2D eigenvalue weighted by molar-refractivity contribution is -0.137. The molecule has 0 amide bonds. The zero-order valence-corrected chi connectivity index (χ0v) is 6.76. The van der Waals surface area contributed by atoms with Gasteiger partial charge in [0.15, 0.2) is 0 Å². The zero-order valence-electron chi connectivity index (χ0n) is 5.95. The SMILES string of the molecule is O=C1CC(c2cccs2)CO1. The van der Waals surface area contributed by atoms with E-state index in [2.05, 4.69) is 6.07 Å². The molecule has 0 aliphatic carbocycles. The van der Waals surface area contributed by atoms with Crippen molar-refractivity contribution < 1.29 is 9.53 Å². The van der Waals surface area contributed by atoms with Gasteiger partial charge in [-0.1, -0.05) is 6.07 Å². The monoisotopic (exact) mass is 168 g/mol. The molecule has 0 radical (unpaired) electrons. The molecular weight excluding hydrogens is 160 g/mol. The molecule has 0 spiro atoms. The lowest BCUT2D eigenvalue weighted by atomic mass is 10.1. The Morgan fingerprint density at radius 2 is 2.55 bits per heavy atom. The highest BCUT2D eigenvalue weighted by Gasteiger charge is 2.25. The van der Waals surface area contributed by atoms with Gasteiger partial charge in [-0.3, -0.25) is 4.79 Å². The fourth-order valence-corrected chi connectivity index (χ4v) is 2.03. The third kappa shape index (κ3) is 1.28. The molecule has 1 aromatic heterocycles. The van der Waals surface area contributed by atoms with Crippen molar-refractivity contribution in [3.05, 3.63) is 22.4 Å². The molecule has 0 aromatic carbocycles. The van der Waals surface area contributed by atoms with Crippen molar-refractivity contribution in [1.82, 2.24) is 0 Å². The predicted molar refractivity (Wildman–Crippen MR) is 42.6 cm³/mol. The molecule has 58 valence electrons. The summed E-state index contributed by atoms with van der Waals surface area (Å²) in [4.78, 5) is 12.0. The molecule has 3 heteroatoms. The van der Waals surface area contributed by atoms with Crippen LogP contribution in [0.4, 0.5) is 0 Å². The van der Waals surface area contributed by atoms with E-state index in [1.54, 1.807) is 11.3 Å². The maximum Gasteiger partial charge on any atom is 0.306 e. The third-order valence-electron chi connectivity index (χ3n) is 1.80. The summed E-state index contributed by atoms with van der Waals surface area (Å²) in [5, 5.41) is 2.03. The summed E-state index contributed by atoms with van der Waals surface area (Å²) >= 11 is 1.69. The van der Waals surface area contributed by atoms with Crippen molar-refractivity contribution in [3.63, 3.8) is 0 Å². The number of carbonyl (C=O) groups excluding carboxylic acids is 1. The van der Waals surface area contributed by atoms with E-state index in [4.69, 9.17) is 4.74 Å². The Bertz CT molecular complexity index is 253. The van der Waals surface area contributed by atoms with Gasteiger partial charge in [0.05, 0.1) is 13.0 Å². The maximum absolute atomic E-state index is 10.7. The van der Waals surface area contributed by atoms with Crippen molar-refractivity contribution in [2.75, 3.05) is 6.61 Å². The molecule has 1 aromatic rings. The van der Waals surface area contributed by atoms with E-state index in [1.807, 2.05) is 11.4 Å². The molecule has 1 atom stereocenters. The van der Waals surface area contributed by atoms with Crippen LogP contribution in [0.3, 0.4) is 0 Å². The van der Waals surface area contributed by atoms with Gasteiger partial charge in [-0.05, 0) is 11.4 Å². The van der Waals surface area contributed by atoms with Gasteiger partial charge in [0.25, 0.3) is 0 Å². The summed E-state index contributed by atoms with van der Waals surface area (Å²) in [5.41, 5.74) is 0. The minimum absolute atomic E-state index is 0.0663. The van der Waals surface area contributed by atoms with E-state index >= 15 is 0 Å². The van der Waals surface area contributed by atoms with Gasteiger partial charge in [-0.25, -0.2) is 0 Å². The van der Waals surface area contributed by atoms with Gasteiger partial charge in [0.2, 0.25) is 0 Å². The van der Waals surface area contributed by atoms with Gasteiger partial charge in [-0.15, -0.1) is 11.3 Å². The second-order valence-corrected chi connectivity index (χ2v) is 3.58. The first kappa shape index (κ1) is 6.85. The molecule has 2 nitrogen and oxygen atoms in total. The molecule has 2 rings (SSSR count). The number of rotatable bonds is 1. The highest BCUT2D eigenvalue weighted by molar-refractivity contribution is 7.10. The third-order valence-corrected chi connectivity index (χ3v) is 2.84. The van der Waals surface area contributed by atoms with E-state index in [9.17, 15) is 4.79 Å². The van der Waals surface area contributed by atoms with E-state index in [-0.39, 0.29) is 5.97 Å². The summed E-state index contributed by atoms with van der Waals surface area (Å²) in [6.45, 7) is 0.569. The molecule has 1 aliphatic heterocycles. The van der Waals surface area contributed by atoms with Crippen molar-refractivity contribution >= 4 is 17.3 Å². The Morgan fingerprint density at radius 3 is 3.09 bits per heavy atom. The quantitative estimate of drug-likeness (QED) is 0.597. The largest absolute Gasteiger partial charge is 0.465 e. The average Bonchev–Trinajstić information content (AvgIpc) is 2.55. The number of hydrogen-bond acceptors (Lipinski definition) is 3. The van der Waals surface area contributed by atoms with Crippen molar-refractivity contribution in [1.29, 1.82) is 0 Å². The lowest BCUT2D eigenvalue weighted by Gasteiger charge is -1.99. The lowest BCUT2D eigenvalue weighted by Crippen LogP contribution is -1.92. The Hall–Kier alpha value is -0.830. The highest BCUT2D eigenvalue weighted by atomic mass is 32.1. The second-order valence-electron chi connectivity index (χ2n) is 2.60. The number of ether oxygens (including phenoxy) is 1. The topological polar surface area (TPSA) is 26.3 Å². The fourth-order valence-electron chi connectivity index (χ4n) is 1.22. The van der Waals surface area contributed by atoms with Crippen LogP contribution in [0, 0.1) is 0 Å². The smallest absolute Gasteiger partial charge is 0.306 e. The van der Waals surface area contributed by atoms with E-state index in [0.717, 1.165) is 0 Å². The number of hydrogen-bond donors (Lipinski definition) is 0. The first-order chi connectivity index (χ1) is 5.36. The van der Waals surface area contributed by atoms with Gasteiger partial charge in [0, 0.05) is 10.8 Å². The summed E-state index contributed by atoms with van der Waals surface area (Å²) in [7, 11) is 0. The van der Waals surface area contributed by atoms with Crippen LogP contribution < -0.4 is 0 Å². The minimum atomic E-state index is -0.0663. The standard InChI is InChI=1S/C8H8O2S/c9-8-4-6(5-10-8)7-2-1-3-11-7/h1-3,6H,4-5H2. The minimum Gasteiger partial charge on any atom is -0.465 e. The van der Waals surface area contributed by atoms with Crippen LogP contribution in [0.25, 0.3) is 0 Å². The normalized spacial score (nSPS) is 23.6. The summed E-state index contributed by atoms with van der Waals surface area (Å²) in [6, 6.07) is 4.06.